The minimum absolute atomic E-state index is 0.0643. The minimum atomic E-state index is -0.0643. The van der Waals surface area contributed by atoms with Crippen LogP contribution >= 0.6 is 0 Å². The van der Waals surface area contributed by atoms with E-state index in [1.165, 1.54) is 16.7 Å². The molecule has 19 heavy (non-hydrogen) atoms. The van der Waals surface area contributed by atoms with Crippen LogP contribution in [0.5, 0.6) is 5.75 Å². The Hall–Kier alpha value is -1.74. The van der Waals surface area contributed by atoms with Gasteiger partial charge in [-0.3, -0.25) is 0 Å². The normalized spacial score (nSPS) is 16.1. The van der Waals surface area contributed by atoms with E-state index in [9.17, 15) is 0 Å². The van der Waals surface area contributed by atoms with E-state index in [1.807, 2.05) is 6.07 Å². The average molecular weight is 257 g/mol. The van der Waals surface area contributed by atoms with Crippen LogP contribution in [-0.4, -0.2) is 5.60 Å². The fourth-order valence-corrected chi connectivity index (χ4v) is 2.52. The Bertz CT molecular complexity index is 558. The third-order valence-electron chi connectivity index (χ3n) is 3.37. The number of benzene rings is 1. The van der Waals surface area contributed by atoms with Gasteiger partial charge in [-0.1, -0.05) is 12.1 Å². The summed E-state index contributed by atoms with van der Waals surface area (Å²) >= 11 is 0. The fourth-order valence-electron chi connectivity index (χ4n) is 2.52. The van der Waals surface area contributed by atoms with Gasteiger partial charge in [-0.05, 0) is 37.1 Å². The van der Waals surface area contributed by atoms with Crippen molar-refractivity contribution in [1.82, 2.24) is 5.32 Å². The second-order valence-corrected chi connectivity index (χ2v) is 5.72. The third-order valence-corrected chi connectivity index (χ3v) is 3.37. The molecule has 0 amide bonds. The Kier molecular flexibility index (Phi) is 3.07. The molecule has 0 saturated heterocycles. The predicted octanol–water partition coefficient (Wildman–Crippen LogP) is 3.28. The van der Waals surface area contributed by atoms with E-state index in [-0.39, 0.29) is 5.60 Å². The molecule has 0 fully saturated rings. The van der Waals surface area contributed by atoms with Gasteiger partial charge in [-0.2, -0.15) is 0 Å². The molecule has 0 bridgehead atoms. The molecule has 1 aromatic carbocycles. The van der Waals surface area contributed by atoms with Gasteiger partial charge in [0, 0.05) is 25.1 Å². The van der Waals surface area contributed by atoms with Crippen molar-refractivity contribution in [3.8, 4) is 5.75 Å². The maximum atomic E-state index is 5.88. The van der Waals surface area contributed by atoms with Crippen molar-refractivity contribution < 1.29 is 9.15 Å². The summed E-state index contributed by atoms with van der Waals surface area (Å²) in [4.78, 5) is 0. The summed E-state index contributed by atoms with van der Waals surface area (Å²) in [5.74, 6) is 1.03. The van der Waals surface area contributed by atoms with E-state index in [1.54, 1.807) is 12.5 Å². The van der Waals surface area contributed by atoms with Crippen molar-refractivity contribution in [2.24, 2.45) is 0 Å². The summed E-state index contributed by atoms with van der Waals surface area (Å²) in [6.45, 7) is 5.95. The quantitative estimate of drug-likeness (QED) is 0.912. The number of fused-ring (bicyclic) bond motifs is 1. The Morgan fingerprint density at radius 1 is 1.16 bits per heavy atom. The lowest BCUT2D eigenvalue weighted by molar-refractivity contribution is 0.138. The molecule has 0 radical (unpaired) electrons. The van der Waals surface area contributed by atoms with Gasteiger partial charge < -0.3 is 14.5 Å². The van der Waals surface area contributed by atoms with Crippen LogP contribution in [0.1, 0.15) is 30.5 Å². The van der Waals surface area contributed by atoms with Gasteiger partial charge >= 0.3 is 0 Å². The highest BCUT2D eigenvalue weighted by atomic mass is 16.5. The summed E-state index contributed by atoms with van der Waals surface area (Å²) < 4.78 is 10.9. The molecular formula is C16H19NO2. The van der Waals surface area contributed by atoms with Crippen molar-refractivity contribution >= 4 is 0 Å². The molecule has 3 nitrogen and oxygen atoms in total. The Morgan fingerprint density at radius 2 is 2.00 bits per heavy atom. The first-order chi connectivity index (χ1) is 9.12. The largest absolute Gasteiger partial charge is 0.487 e. The van der Waals surface area contributed by atoms with Crippen LogP contribution in [0.15, 0.2) is 41.2 Å². The smallest absolute Gasteiger partial charge is 0.123 e. The van der Waals surface area contributed by atoms with Crippen molar-refractivity contribution in [2.45, 2.75) is 39.0 Å². The van der Waals surface area contributed by atoms with Crippen molar-refractivity contribution in [3.63, 3.8) is 0 Å². The van der Waals surface area contributed by atoms with Gasteiger partial charge in [0.15, 0.2) is 0 Å². The maximum Gasteiger partial charge on any atom is 0.123 e. The average Bonchev–Trinajstić information content (AvgIpc) is 2.94. The number of rotatable bonds is 4. The molecule has 3 rings (SSSR count). The van der Waals surface area contributed by atoms with Crippen molar-refractivity contribution in [1.29, 1.82) is 0 Å². The molecule has 2 aromatic rings. The van der Waals surface area contributed by atoms with Crippen LogP contribution < -0.4 is 10.1 Å². The van der Waals surface area contributed by atoms with E-state index in [0.717, 1.165) is 25.3 Å². The molecule has 1 aliphatic rings. The van der Waals surface area contributed by atoms with E-state index in [4.69, 9.17) is 9.15 Å². The van der Waals surface area contributed by atoms with Gasteiger partial charge in [0.05, 0.1) is 12.5 Å². The maximum absolute atomic E-state index is 5.88. The molecule has 3 heteroatoms. The van der Waals surface area contributed by atoms with E-state index in [0.29, 0.717) is 0 Å². The topological polar surface area (TPSA) is 34.4 Å². The third kappa shape index (κ3) is 2.82. The van der Waals surface area contributed by atoms with Gasteiger partial charge in [-0.15, -0.1) is 0 Å². The zero-order valence-corrected chi connectivity index (χ0v) is 11.4. The predicted molar refractivity (Wildman–Crippen MR) is 74.1 cm³/mol. The van der Waals surface area contributed by atoms with E-state index >= 15 is 0 Å². The van der Waals surface area contributed by atoms with Crippen LogP contribution in [0.4, 0.5) is 0 Å². The monoisotopic (exact) mass is 257 g/mol. The summed E-state index contributed by atoms with van der Waals surface area (Å²) in [5, 5.41) is 3.42. The number of ether oxygens (including phenoxy) is 1. The molecular weight excluding hydrogens is 238 g/mol. The summed E-state index contributed by atoms with van der Waals surface area (Å²) in [7, 11) is 0. The zero-order chi connectivity index (χ0) is 13.3. The van der Waals surface area contributed by atoms with Crippen molar-refractivity contribution in [2.75, 3.05) is 0 Å². The fraction of sp³-hybridized carbons (Fsp3) is 0.375. The second kappa shape index (κ2) is 4.74. The number of furan rings is 1. The molecule has 1 N–H and O–H groups in total. The van der Waals surface area contributed by atoms with Crippen LogP contribution in [0.2, 0.25) is 0 Å². The van der Waals surface area contributed by atoms with Gasteiger partial charge in [0.1, 0.15) is 11.4 Å². The van der Waals surface area contributed by atoms with Crippen LogP contribution in [0.3, 0.4) is 0 Å². The van der Waals surface area contributed by atoms with Gasteiger partial charge in [0.25, 0.3) is 0 Å². The lowest BCUT2D eigenvalue weighted by Gasteiger charge is -2.16. The van der Waals surface area contributed by atoms with Crippen LogP contribution in [0.25, 0.3) is 0 Å². The molecule has 0 atom stereocenters. The van der Waals surface area contributed by atoms with E-state index in [2.05, 4.69) is 37.4 Å². The van der Waals surface area contributed by atoms with Crippen LogP contribution in [-0.2, 0) is 19.5 Å². The molecule has 1 aromatic heterocycles. The van der Waals surface area contributed by atoms with Crippen molar-refractivity contribution in [3.05, 3.63) is 53.5 Å². The molecule has 0 aliphatic carbocycles. The highest BCUT2D eigenvalue weighted by Crippen LogP contribution is 2.35. The summed E-state index contributed by atoms with van der Waals surface area (Å²) in [5.41, 5.74) is 3.72. The molecule has 0 saturated carbocycles. The molecule has 100 valence electrons. The summed E-state index contributed by atoms with van der Waals surface area (Å²) in [6.07, 6.45) is 4.45. The number of nitrogens with one attached hydrogen (secondary N) is 1. The van der Waals surface area contributed by atoms with Gasteiger partial charge in [-0.25, -0.2) is 0 Å². The first kappa shape index (κ1) is 12.3. The molecule has 2 heterocycles. The minimum Gasteiger partial charge on any atom is -0.487 e. The number of hydrogen-bond donors (Lipinski definition) is 1. The Morgan fingerprint density at radius 3 is 2.79 bits per heavy atom. The first-order valence-electron chi connectivity index (χ1n) is 6.65. The SMILES string of the molecule is CC1(C)Cc2cc(CNCc3ccoc3)ccc2O1. The second-order valence-electron chi connectivity index (χ2n) is 5.72. The highest BCUT2D eigenvalue weighted by molar-refractivity contribution is 5.41. The molecule has 0 spiro atoms. The first-order valence-corrected chi connectivity index (χ1v) is 6.65. The van der Waals surface area contributed by atoms with Gasteiger partial charge in [0.2, 0.25) is 0 Å². The summed E-state index contributed by atoms with van der Waals surface area (Å²) in [6, 6.07) is 8.43. The molecule has 0 unspecified atom stereocenters. The Balaban J connectivity index is 1.61. The Labute approximate surface area is 113 Å². The van der Waals surface area contributed by atoms with E-state index < -0.39 is 0 Å². The lowest BCUT2D eigenvalue weighted by atomic mass is 10.0. The lowest BCUT2D eigenvalue weighted by Crippen LogP contribution is -2.24. The molecule has 1 aliphatic heterocycles. The van der Waals surface area contributed by atoms with Crippen LogP contribution in [0, 0.1) is 0 Å². The standard InChI is InChI=1S/C16H19NO2/c1-16(2)8-14-7-12(3-4-15(14)19-16)9-17-10-13-5-6-18-11-13/h3-7,11,17H,8-10H2,1-2H3. The zero-order valence-electron chi connectivity index (χ0n) is 11.4. The number of hydrogen-bond acceptors (Lipinski definition) is 3. The highest BCUT2D eigenvalue weighted by Gasteiger charge is 2.29.